The van der Waals surface area contributed by atoms with E-state index < -0.39 is 0 Å². The van der Waals surface area contributed by atoms with Gasteiger partial charge in [-0.05, 0) is 13.3 Å². The molecule has 0 aliphatic heterocycles. The van der Waals surface area contributed by atoms with E-state index in [4.69, 9.17) is 11.6 Å². The molecule has 0 aliphatic carbocycles. The molecule has 1 heterocycles. The Labute approximate surface area is 127 Å². The van der Waals surface area contributed by atoms with Gasteiger partial charge in [0.05, 0.1) is 28.4 Å². The fourth-order valence-electron chi connectivity index (χ4n) is 2.07. The van der Waals surface area contributed by atoms with Crippen LogP contribution in [-0.2, 0) is 6.54 Å². The van der Waals surface area contributed by atoms with Gasteiger partial charge in [0.1, 0.15) is 5.69 Å². The predicted molar refractivity (Wildman–Crippen MR) is 83.0 cm³/mol. The number of halogens is 1. The van der Waals surface area contributed by atoms with Gasteiger partial charge in [-0.3, -0.25) is 14.8 Å². The van der Waals surface area contributed by atoms with Crippen LogP contribution in [0.25, 0.3) is 0 Å². The maximum atomic E-state index is 11.2. The van der Waals surface area contributed by atoms with Gasteiger partial charge < -0.3 is 5.32 Å². The highest BCUT2D eigenvalue weighted by atomic mass is 35.5. The van der Waals surface area contributed by atoms with Crippen LogP contribution >= 0.6 is 11.6 Å². The number of hydrogen-bond donors (Lipinski definition) is 1. The number of para-hydroxylation sites is 1. The lowest BCUT2D eigenvalue weighted by molar-refractivity contribution is -0.384. The fraction of sp³-hybridized carbons (Fsp3) is 0.357. The molecule has 7 heteroatoms. The monoisotopic (exact) mass is 308 g/mol. The van der Waals surface area contributed by atoms with Gasteiger partial charge >= 0.3 is 0 Å². The lowest BCUT2D eigenvalue weighted by Gasteiger charge is -2.13. The molecule has 0 radical (unpaired) electrons. The van der Waals surface area contributed by atoms with Crippen molar-refractivity contribution in [2.45, 2.75) is 26.8 Å². The van der Waals surface area contributed by atoms with Gasteiger partial charge in [-0.1, -0.05) is 30.7 Å². The highest BCUT2D eigenvalue weighted by Gasteiger charge is 2.18. The smallest absolute Gasteiger partial charge is 0.292 e. The van der Waals surface area contributed by atoms with Gasteiger partial charge in [0.2, 0.25) is 0 Å². The molecule has 112 valence electrons. The van der Waals surface area contributed by atoms with Crippen LogP contribution in [0.5, 0.6) is 0 Å². The van der Waals surface area contributed by atoms with Crippen LogP contribution in [0.2, 0.25) is 5.02 Å². The van der Waals surface area contributed by atoms with Crippen LogP contribution in [0.3, 0.4) is 0 Å². The highest BCUT2D eigenvalue weighted by molar-refractivity contribution is 6.31. The van der Waals surface area contributed by atoms with E-state index in [2.05, 4.69) is 10.4 Å². The van der Waals surface area contributed by atoms with Gasteiger partial charge in [0, 0.05) is 18.2 Å². The number of rotatable bonds is 6. The van der Waals surface area contributed by atoms with Crippen LogP contribution in [0.4, 0.5) is 11.4 Å². The first-order chi connectivity index (χ1) is 10.0. The number of hydrogen-bond acceptors (Lipinski definition) is 4. The van der Waals surface area contributed by atoms with Gasteiger partial charge in [0.25, 0.3) is 5.69 Å². The number of nitro groups is 1. The molecule has 6 nitrogen and oxygen atoms in total. The summed E-state index contributed by atoms with van der Waals surface area (Å²) in [5, 5.41) is 19.1. The number of benzene rings is 1. The van der Waals surface area contributed by atoms with Crippen LogP contribution in [0.15, 0.2) is 24.4 Å². The summed E-state index contributed by atoms with van der Waals surface area (Å²) in [5.41, 5.74) is 2.29. The molecule has 0 bridgehead atoms. The van der Waals surface area contributed by atoms with Crippen molar-refractivity contribution in [1.29, 1.82) is 0 Å². The summed E-state index contributed by atoms with van der Waals surface area (Å²) in [6, 6.07) is 5.05. The molecule has 1 N–H and O–H groups in total. The number of nitrogens with one attached hydrogen (secondary N) is 1. The Morgan fingerprint density at radius 3 is 2.81 bits per heavy atom. The Balaban J connectivity index is 2.39. The predicted octanol–water partition coefficient (Wildman–Crippen LogP) is 3.62. The number of aromatic nitrogens is 2. The summed E-state index contributed by atoms with van der Waals surface area (Å²) in [4.78, 5) is 10.8. The topological polar surface area (TPSA) is 73.0 Å². The molecule has 2 rings (SSSR count). The lowest BCUT2D eigenvalue weighted by atomic mass is 10.1. The van der Waals surface area contributed by atoms with E-state index in [1.807, 2.05) is 19.9 Å². The number of anilines is 1. The SMILES string of the molecule is CCCNc1c(Cn2ncc(Cl)c2C)cccc1[N+](=O)[O-]. The summed E-state index contributed by atoms with van der Waals surface area (Å²) in [5.74, 6) is 0. The van der Waals surface area contributed by atoms with Crippen molar-refractivity contribution in [3.8, 4) is 0 Å². The quantitative estimate of drug-likeness (QED) is 0.653. The van der Waals surface area contributed by atoms with E-state index in [-0.39, 0.29) is 10.6 Å². The third kappa shape index (κ3) is 3.33. The van der Waals surface area contributed by atoms with Gasteiger partial charge in [-0.15, -0.1) is 0 Å². The molecule has 21 heavy (non-hydrogen) atoms. The Morgan fingerprint density at radius 2 is 2.24 bits per heavy atom. The maximum Gasteiger partial charge on any atom is 0.292 e. The summed E-state index contributed by atoms with van der Waals surface area (Å²) in [6.45, 7) is 4.99. The molecule has 1 aromatic heterocycles. The first-order valence-corrected chi connectivity index (χ1v) is 7.10. The Morgan fingerprint density at radius 1 is 1.48 bits per heavy atom. The first kappa shape index (κ1) is 15.3. The zero-order valence-electron chi connectivity index (χ0n) is 12.0. The average Bonchev–Trinajstić information content (AvgIpc) is 2.77. The van der Waals surface area contributed by atoms with E-state index in [1.54, 1.807) is 16.9 Å². The molecule has 0 saturated carbocycles. The standard InChI is InChI=1S/C14H17ClN4O2/c1-3-7-16-14-11(5-4-6-13(14)19(20)21)9-18-10(2)12(15)8-17-18/h4-6,8,16H,3,7,9H2,1-2H3. The van der Waals surface area contributed by atoms with Crippen LogP contribution in [0, 0.1) is 17.0 Å². The van der Waals surface area contributed by atoms with E-state index in [1.165, 1.54) is 6.07 Å². The molecule has 0 amide bonds. The summed E-state index contributed by atoms with van der Waals surface area (Å²) in [7, 11) is 0. The Kier molecular flexibility index (Phi) is 4.80. The molecule has 0 saturated heterocycles. The van der Waals surface area contributed by atoms with E-state index in [0.29, 0.717) is 23.8 Å². The second-order valence-corrected chi connectivity index (χ2v) is 5.14. The number of nitrogens with zero attached hydrogens (tertiary/aromatic N) is 3. The minimum absolute atomic E-state index is 0.0804. The Bertz CT molecular complexity index is 654. The average molecular weight is 309 g/mol. The zero-order valence-corrected chi connectivity index (χ0v) is 12.7. The van der Waals surface area contributed by atoms with Crippen molar-refractivity contribution in [3.63, 3.8) is 0 Å². The highest BCUT2D eigenvalue weighted by Crippen LogP contribution is 2.29. The maximum absolute atomic E-state index is 11.2. The summed E-state index contributed by atoms with van der Waals surface area (Å²) >= 11 is 5.99. The van der Waals surface area contributed by atoms with Crippen molar-refractivity contribution in [2.75, 3.05) is 11.9 Å². The molecule has 0 spiro atoms. The van der Waals surface area contributed by atoms with Gasteiger partial charge in [-0.2, -0.15) is 5.10 Å². The van der Waals surface area contributed by atoms with Crippen molar-refractivity contribution in [1.82, 2.24) is 9.78 Å². The molecular weight excluding hydrogens is 292 g/mol. The molecule has 2 aromatic rings. The van der Waals surface area contributed by atoms with Crippen LogP contribution in [0.1, 0.15) is 24.6 Å². The normalized spacial score (nSPS) is 10.6. The van der Waals surface area contributed by atoms with Crippen molar-refractivity contribution < 1.29 is 4.92 Å². The van der Waals surface area contributed by atoms with E-state index in [9.17, 15) is 10.1 Å². The zero-order chi connectivity index (χ0) is 15.4. The molecule has 0 unspecified atom stereocenters. The van der Waals surface area contributed by atoms with Crippen LogP contribution in [-0.4, -0.2) is 21.2 Å². The third-order valence-electron chi connectivity index (χ3n) is 3.24. The van der Waals surface area contributed by atoms with Crippen LogP contribution < -0.4 is 5.32 Å². The minimum Gasteiger partial charge on any atom is -0.379 e. The van der Waals surface area contributed by atoms with E-state index in [0.717, 1.165) is 17.7 Å². The minimum atomic E-state index is -0.371. The number of nitro benzene ring substituents is 1. The van der Waals surface area contributed by atoms with Gasteiger partial charge in [0.15, 0.2) is 0 Å². The molecular formula is C14H17ClN4O2. The van der Waals surface area contributed by atoms with Gasteiger partial charge in [-0.25, -0.2) is 0 Å². The molecule has 1 aromatic carbocycles. The summed E-state index contributed by atoms with van der Waals surface area (Å²) < 4.78 is 1.73. The molecule has 0 atom stereocenters. The lowest BCUT2D eigenvalue weighted by Crippen LogP contribution is -2.10. The fourth-order valence-corrected chi connectivity index (χ4v) is 2.21. The van der Waals surface area contributed by atoms with Crippen molar-refractivity contribution in [3.05, 3.63) is 50.8 Å². The summed E-state index contributed by atoms with van der Waals surface area (Å²) in [6.07, 6.45) is 2.46. The second-order valence-electron chi connectivity index (χ2n) is 4.73. The van der Waals surface area contributed by atoms with Crippen molar-refractivity contribution >= 4 is 23.0 Å². The van der Waals surface area contributed by atoms with Crippen molar-refractivity contribution in [2.24, 2.45) is 0 Å². The Hall–Kier alpha value is -2.08. The largest absolute Gasteiger partial charge is 0.379 e. The molecule has 0 fully saturated rings. The first-order valence-electron chi connectivity index (χ1n) is 6.72. The molecule has 0 aliphatic rings. The third-order valence-corrected chi connectivity index (χ3v) is 3.61. The second kappa shape index (κ2) is 6.58. The van der Waals surface area contributed by atoms with E-state index >= 15 is 0 Å².